The number of halogens is 1. The highest BCUT2D eigenvalue weighted by Crippen LogP contribution is 2.15. The van der Waals surface area contributed by atoms with Gasteiger partial charge in [-0.2, -0.15) is 0 Å². The maximum atomic E-state index is 10.9. The lowest BCUT2D eigenvalue weighted by Crippen LogP contribution is -1.96. The molecule has 0 saturated carbocycles. The number of carbonyl (C=O) groups excluding carboxylic acids is 1. The Bertz CT molecular complexity index is 544. The van der Waals surface area contributed by atoms with Crippen molar-refractivity contribution in [3.8, 4) is 5.75 Å². The van der Waals surface area contributed by atoms with Crippen molar-refractivity contribution in [3.05, 3.63) is 65.2 Å². The fourth-order valence-electron chi connectivity index (χ4n) is 1.72. The summed E-state index contributed by atoms with van der Waals surface area (Å²) in [5.74, 6) is 0.842. The molecule has 0 amide bonds. The first-order valence-corrected chi connectivity index (χ1v) is 6.57. The van der Waals surface area contributed by atoms with E-state index in [1.165, 1.54) is 5.56 Å². The maximum absolute atomic E-state index is 10.9. The molecule has 3 heteroatoms. The third-order valence-corrected chi connectivity index (χ3v) is 3.14. The summed E-state index contributed by atoms with van der Waals surface area (Å²) < 4.78 is 5.67. The minimum absolute atomic E-state index is 0.442. The van der Waals surface area contributed by atoms with Crippen molar-refractivity contribution >= 4 is 16.8 Å². The van der Waals surface area contributed by atoms with Gasteiger partial charge < -0.3 is 4.74 Å². The molecule has 0 aliphatic rings. The van der Waals surface area contributed by atoms with Gasteiger partial charge in [0.1, 0.15) is 12.4 Å². The lowest BCUT2D eigenvalue weighted by molar-refractivity contribution is 0.108. The molecule has 0 aliphatic heterocycles. The van der Waals surface area contributed by atoms with Gasteiger partial charge in [0.15, 0.2) is 0 Å². The number of aryl methyl sites for hydroxylation is 1. The molecule has 2 rings (SSSR count). The standard InChI is InChI=1S/C16H15ClO2/c1-2-12-5-9-15(10-6-12)19-11-13-3-7-14(8-4-13)16(17)18/h3-10H,2,11H2,1H3. The van der Waals surface area contributed by atoms with E-state index in [0.717, 1.165) is 17.7 Å². The van der Waals surface area contributed by atoms with Gasteiger partial charge in [0.05, 0.1) is 0 Å². The highest BCUT2D eigenvalue weighted by atomic mass is 35.5. The second-order valence-corrected chi connectivity index (χ2v) is 4.60. The molecule has 2 nitrogen and oxygen atoms in total. The lowest BCUT2D eigenvalue weighted by atomic mass is 10.1. The Labute approximate surface area is 118 Å². The van der Waals surface area contributed by atoms with Crippen molar-refractivity contribution in [2.24, 2.45) is 0 Å². The maximum Gasteiger partial charge on any atom is 0.252 e. The molecule has 0 bridgehead atoms. The molecule has 0 aromatic heterocycles. The topological polar surface area (TPSA) is 26.3 Å². The van der Waals surface area contributed by atoms with Gasteiger partial charge in [-0.05, 0) is 53.4 Å². The summed E-state index contributed by atoms with van der Waals surface area (Å²) in [5, 5.41) is -0.442. The van der Waals surface area contributed by atoms with Crippen molar-refractivity contribution in [3.63, 3.8) is 0 Å². The van der Waals surface area contributed by atoms with E-state index in [2.05, 4.69) is 19.1 Å². The summed E-state index contributed by atoms with van der Waals surface area (Å²) in [6.45, 7) is 2.60. The van der Waals surface area contributed by atoms with Gasteiger partial charge in [0, 0.05) is 5.56 Å². The van der Waals surface area contributed by atoms with Gasteiger partial charge in [-0.1, -0.05) is 31.2 Å². The van der Waals surface area contributed by atoms with Gasteiger partial charge in [0.25, 0.3) is 5.24 Å². The molecular weight excluding hydrogens is 260 g/mol. The zero-order valence-electron chi connectivity index (χ0n) is 10.7. The Kier molecular flexibility index (Phi) is 4.58. The van der Waals surface area contributed by atoms with Crippen LogP contribution in [0.1, 0.15) is 28.4 Å². The second kappa shape index (κ2) is 6.39. The largest absolute Gasteiger partial charge is 0.489 e. The predicted molar refractivity (Wildman–Crippen MR) is 76.8 cm³/mol. The normalized spacial score (nSPS) is 10.2. The third-order valence-electron chi connectivity index (χ3n) is 2.92. The monoisotopic (exact) mass is 274 g/mol. The number of benzene rings is 2. The summed E-state index contributed by atoms with van der Waals surface area (Å²) in [6, 6.07) is 15.1. The molecule has 0 atom stereocenters. The van der Waals surface area contributed by atoms with E-state index in [1.807, 2.05) is 24.3 Å². The Morgan fingerprint density at radius 2 is 1.58 bits per heavy atom. The molecule has 2 aromatic carbocycles. The highest BCUT2D eigenvalue weighted by molar-refractivity contribution is 6.67. The van der Waals surface area contributed by atoms with E-state index in [4.69, 9.17) is 16.3 Å². The minimum Gasteiger partial charge on any atom is -0.489 e. The Hall–Kier alpha value is -1.80. The van der Waals surface area contributed by atoms with Crippen LogP contribution in [0.2, 0.25) is 0 Å². The lowest BCUT2D eigenvalue weighted by Gasteiger charge is -2.07. The zero-order chi connectivity index (χ0) is 13.7. The first-order chi connectivity index (χ1) is 9.19. The van der Waals surface area contributed by atoms with Crippen molar-refractivity contribution in [1.29, 1.82) is 0 Å². The Balaban J connectivity index is 1.95. The van der Waals surface area contributed by atoms with Gasteiger partial charge in [-0.3, -0.25) is 4.79 Å². The average molecular weight is 275 g/mol. The van der Waals surface area contributed by atoms with Gasteiger partial charge in [-0.15, -0.1) is 0 Å². The molecule has 0 radical (unpaired) electrons. The van der Waals surface area contributed by atoms with Crippen LogP contribution in [-0.4, -0.2) is 5.24 Å². The predicted octanol–water partition coefficient (Wildman–Crippen LogP) is 4.21. The molecule has 0 unspecified atom stereocenters. The first-order valence-electron chi connectivity index (χ1n) is 6.19. The number of hydrogen-bond donors (Lipinski definition) is 0. The van der Waals surface area contributed by atoms with Crippen LogP contribution in [0, 0.1) is 0 Å². The molecule has 0 heterocycles. The Morgan fingerprint density at radius 3 is 2.11 bits per heavy atom. The van der Waals surface area contributed by atoms with Gasteiger partial charge >= 0.3 is 0 Å². The van der Waals surface area contributed by atoms with Gasteiger partial charge in [-0.25, -0.2) is 0 Å². The van der Waals surface area contributed by atoms with Crippen LogP contribution in [0.3, 0.4) is 0 Å². The minimum atomic E-state index is -0.442. The summed E-state index contributed by atoms with van der Waals surface area (Å²) in [7, 11) is 0. The SMILES string of the molecule is CCc1ccc(OCc2ccc(C(=O)Cl)cc2)cc1. The van der Waals surface area contributed by atoms with Crippen molar-refractivity contribution in [2.75, 3.05) is 0 Å². The molecule has 0 aliphatic carbocycles. The Morgan fingerprint density at radius 1 is 1.00 bits per heavy atom. The highest BCUT2D eigenvalue weighted by Gasteiger charge is 2.01. The van der Waals surface area contributed by atoms with Crippen LogP contribution in [0.25, 0.3) is 0 Å². The molecule has 0 fully saturated rings. The molecule has 19 heavy (non-hydrogen) atoms. The summed E-state index contributed by atoms with van der Waals surface area (Å²) in [6.07, 6.45) is 1.02. The van der Waals surface area contributed by atoms with Crippen LogP contribution in [0.15, 0.2) is 48.5 Å². The van der Waals surface area contributed by atoms with Crippen LogP contribution in [0.4, 0.5) is 0 Å². The van der Waals surface area contributed by atoms with E-state index in [0.29, 0.717) is 12.2 Å². The van der Waals surface area contributed by atoms with Crippen molar-refractivity contribution in [1.82, 2.24) is 0 Å². The molecular formula is C16H15ClO2. The smallest absolute Gasteiger partial charge is 0.252 e. The van der Waals surface area contributed by atoms with Crippen LogP contribution < -0.4 is 4.74 Å². The van der Waals surface area contributed by atoms with Crippen molar-refractivity contribution in [2.45, 2.75) is 20.0 Å². The number of hydrogen-bond acceptors (Lipinski definition) is 2. The second-order valence-electron chi connectivity index (χ2n) is 4.26. The van der Waals surface area contributed by atoms with Crippen molar-refractivity contribution < 1.29 is 9.53 Å². The fourth-order valence-corrected chi connectivity index (χ4v) is 1.85. The molecule has 2 aromatic rings. The van der Waals surface area contributed by atoms with Crippen LogP contribution in [0.5, 0.6) is 5.75 Å². The molecule has 0 saturated heterocycles. The van der Waals surface area contributed by atoms with E-state index < -0.39 is 5.24 Å². The van der Waals surface area contributed by atoms with E-state index >= 15 is 0 Å². The number of ether oxygens (including phenoxy) is 1. The zero-order valence-corrected chi connectivity index (χ0v) is 11.5. The summed E-state index contributed by atoms with van der Waals surface area (Å²) in [5.41, 5.74) is 2.79. The van der Waals surface area contributed by atoms with E-state index in [-0.39, 0.29) is 0 Å². The van der Waals surface area contributed by atoms with Gasteiger partial charge in [0.2, 0.25) is 0 Å². The summed E-state index contributed by atoms with van der Waals surface area (Å²) in [4.78, 5) is 10.9. The molecule has 0 N–H and O–H groups in total. The molecule has 0 spiro atoms. The number of carbonyl (C=O) groups is 1. The number of rotatable bonds is 5. The molecule has 98 valence electrons. The van der Waals surface area contributed by atoms with Crippen LogP contribution >= 0.6 is 11.6 Å². The quantitative estimate of drug-likeness (QED) is 0.764. The fraction of sp³-hybridized carbons (Fsp3) is 0.188. The van der Waals surface area contributed by atoms with E-state index in [9.17, 15) is 4.79 Å². The first kappa shape index (κ1) is 13.6. The van der Waals surface area contributed by atoms with E-state index in [1.54, 1.807) is 12.1 Å². The average Bonchev–Trinajstić information content (AvgIpc) is 2.46. The third kappa shape index (κ3) is 3.83. The van der Waals surface area contributed by atoms with Crippen LogP contribution in [-0.2, 0) is 13.0 Å². The summed E-state index contributed by atoms with van der Waals surface area (Å²) >= 11 is 5.39.